The Morgan fingerprint density at radius 1 is 0.857 bits per heavy atom. The highest BCUT2D eigenvalue weighted by atomic mass is 19.1. The predicted molar refractivity (Wildman–Crippen MR) is 99.7 cm³/mol. The van der Waals surface area contributed by atoms with Crippen molar-refractivity contribution in [3.05, 3.63) is 82.7 Å². The van der Waals surface area contributed by atoms with Gasteiger partial charge in [-0.3, -0.25) is 4.79 Å². The van der Waals surface area contributed by atoms with E-state index in [1.54, 1.807) is 0 Å². The molecule has 0 aliphatic carbocycles. The summed E-state index contributed by atoms with van der Waals surface area (Å²) in [6.07, 6.45) is 1.15. The molecule has 0 fully saturated rings. The Morgan fingerprint density at radius 2 is 1.39 bits per heavy atom. The van der Waals surface area contributed by atoms with Crippen LogP contribution in [0.2, 0.25) is 0 Å². The van der Waals surface area contributed by atoms with Crippen LogP contribution in [-0.2, 0) is 0 Å². The van der Waals surface area contributed by atoms with Gasteiger partial charge in [-0.2, -0.15) is 0 Å². The van der Waals surface area contributed by atoms with Gasteiger partial charge in [0, 0.05) is 11.1 Å². The van der Waals surface area contributed by atoms with Crippen LogP contribution in [0.4, 0.5) is 13.2 Å². The van der Waals surface area contributed by atoms with E-state index in [1.807, 2.05) is 0 Å². The minimum atomic E-state index is -0.751. The summed E-state index contributed by atoms with van der Waals surface area (Å²) in [5.41, 5.74) is 0.524. The molecule has 0 bridgehead atoms. The number of fused-ring (bicyclic) bond motifs is 1. The summed E-state index contributed by atoms with van der Waals surface area (Å²) in [7, 11) is 1.27. The minimum Gasteiger partial charge on any atom is -0.491 e. The number of halogens is 3. The molecule has 0 spiro atoms. The molecule has 0 unspecified atom stereocenters. The maximum Gasteiger partial charge on any atom is 0.259 e. The first-order valence-corrected chi connectivity index (χ1v) is 8.30. The molecule has 0 atom stereocenters. The van der Waals surface area contributed by atoms with Gasteiger partial charge in [-0.25, -0.2) is 18.2 Å². The van der Waals surface area contributed by atoms with Crippen molar-refractivity contribution in [2.24, 2.45) is 0 Å². The minimum absolute atomic E-state index is 0.0361. The second kappa shape index (κ2) is 6.84. The third-order valence-corrected chi connectivity index (χ3v) is 4.46. The number of aromatic nitrogens is 2. The molecule has 0 radical (unpaired) electrons. The van der Waals surface area contributed by atoms with E-state index in [0.717, 1.165) is 6.33 Å². The highest BCUT2D eigenvalue weighted by Crippen LogP contribution is 2.43. The van der Waals surface area contributed by atoms with Crippen LogP contribution in [0.3, 0.4) is 0 Å². The van der Waals surface area contributed by atoms with E-state index < -0.39 is 23.0 Å². The molecule has 3 aromatic carbocycles. The molecule has 0 aliphatic rings. The van der Waals surface area contributed by atoms with E-state index in [2.05, 4.69) is 9.97 Å². The Hall–Kier alpha value is -3.61. The monoisotopic (exact) mass is 382 g/mol. The van der Waals surface area contributed by atoms with Crippen LogP contribution in [0.15, 0.2) is 59.7 Å². The summed E-state index contributed by atoms with van der Waals surface area (Å²) in [5, 5.41) is 0.0895. The molecular weight excluding hydrogens is 369 g/mol. The summed E-state index contributed by atoms with van der Waals surface area (Å²) < 4.78 is 47.5. The zero-order valence-corrected chi connectivity index (χ0v) is 14.6. The van der Waals surface area contributed by atoms with Crippen LogP contribution in [0.25, 0.3) is 33.2 Å². The summed E-state index contributed by atoms with van der Waals surface area (Å²) in [6, 6.07) is 10.5. The maximum absolute atomic E-state index is 15.5. The number of methoxy groups -OCH3 is 1. The van der Waals surface area contributed by atoms with Crippen molar-refractivity contribution in [2.75, 3.05) is 7.11 Å². The summed E-state index contributed by atoms with van der Waals surface area (Å²) in [5.74, 6) is -1.91. The zero-order chi connectivity index (χ0) is 19.8. The quantitative estimate of drug-likeness (QED) is 0.560. The lowest BCUT2D eigenvalue weighted by Gasteiger charge is -2.17. The third-order valence-electron chi connectivity index (χ3n) is 4.46. The SMILES string of the molecule is COc1c(F)c(-c2ccc(F)cc2)c(-c2ccc(F)cc2)c2c(=O)[nH]cnc12. The first kappa shape index (κ1) is 17.8. The molecule has 4 aromatic rings. The number of ether oxygens (including phenoxy) is 1. The average molecular weight is 382 g/mol. The van der Waals surface area contributed by atoms with Gasteiger partial charge in [-0.05, 0) is 35.4 Å². The normalized spacial score (nSPS) is 11.0. The van der Waals surface area contributed by atoms with Crippen molar-refractivity contribution >= 4 is 10.9 Å². The van der Waals surface area contributed by atoms with Crippen molar-refractivity contribution in [3.8, 4) is 28.0 Å². The van der Waals surface area contributed by atoms with E-state index in [4.69, 9.17) is 4.74 Å². The number of rotatable bonds is 3. The standard InChI is InChI=1S/C21H13F3N2O2/c1-28-20-18(24)16(12-4-8-14(23)9-5-12)15(11-2-6-13(22)7-3-11)17-19(20)25-10-26-21(17)27/h2-10H,1H3,(H,25,26,27). The van der Waals surface area contributed by atoms with Crippen molar-refractivity contribution in [2.45, 2.75) is 0 Å². The molecular formula is C21H13F3N2O2. The second-order valence-corrected chi connectivity index (χ2v) is 6.07. The molecule has 0 amide bonds. The number of benzene rings is 3. The van der Waals surface area contributed by atoms with Gasteiger partial charge >= 0.3 is 0 Å². The van der Waals surface area contributed by atoms with E-state index in [1.165, 1.54) is 55.6 Å². The second-order valence-electron chi connectivity index (χ2n) is 6.07. The highest BCUT2D eigenvalue weighted by molar-refractivity contribution is 6.05. The summed E-state index contributed by atoms with van der Waals surface area (Å²) in [6.45, 7) is 0. The fourth-order valence-corrected chi connectivity index (χ4v) is 3.24. The average Bonchev–Trinajstić information content (AvgIpc) is 2.69. The molecule has 4 rings (SSSR count). The van der Waals surface area contributed by atoms with Gasteiger partial charge in [0.25, 0.3) is 5.56 Å². The lowest BCUT2D eigenvalue weighted by Crippen LogP contribution is -2.11. The molecule has 1 N–H and O–H groups in total. The van der Waals surface area contributed by atoms with Gasteiger partial charge in [-0.1, -0.05) is 24.3 Å². The first-order chi connectivity index (χ1) is 13.5. The Kier molecular flexibility index (Phi) is 4.35. The van der Waals surface area contributed by atoms with Crippen molar-refractivity contribution in [1.29, 1.82) is 0 Å². The number of hydrogen-bond acceptors (Lipinski definition) is 3. The fourth-order valence-electron chi connectivity index (χ4n) is 3.24. The van der Waals surface area contributed by atoms with Crippen molar-refractivity contribution in [3.63, 3.8) is 0 Å². The molecule has 28 heavy (non-hydrogen) atoms. The van der Waals surface area contributed by atoms with Crippen LogP contribution >= 0.6 is 0 Å². The Balaban J connectivity index is 2.23. The maximum atomic E-state index is 15.5. The molecule has 0 saturated carbocycles. The lowest BCUT2D eigenvalue weighted by atomic mass is 9.90. The summed E-state index contributed by atoms with van der Waals surface area (Å²) in [4.78, 5) is 19.2. The van der Waals surface area contributed by atoms with Crippen LogP contribution in [0.5, 0.6) is 5.75 Å². The highest BCUT2D eigenvalue weighted by Gasteiger charge is 2.25. The molecule has 1 aromatic heterocycles. The van der Waals surface area contributed by atoms with Crippen LogP contribution in [0, 0.1) is 17.5 Å². The predicted octanol–water partition coefficient (Wildman–Crippen LogP) is 4.68. The van der Waals surface area contributed by atoms with Gasteiger partial charge in [0.05, 0.1) is 18.8 Å². The largest absolute Gasteiger partial charge is 0.491 e. The number of aromatic amines is 1. The van der Waals surface area contributed by atoms with E-state index in [0.29, 0.717) is 11.1 Å². The zero-order valence-electron chi connectivity index (χ0n) is 14.6. The van der Waals surface area contributed by atoms with Crippen molar-refractivity contribution in [1.82, 2.24) is 9.97 Å². The topological polar surface area (TPSA) is 55.0 Å². The van der Waals surface area contributed by atoms with E-state index in [-0.39, 0.29) is 27.8 Å². The summed E-state index contributed by atoms with van der Waals surface area (Å²) >= 11 is 0. The van der Waals surface area contributed by atoms with E-state index in [9.17, 15) is 13.6 Å². The Labute approximate surface area is 157 Å². The van der Waals surface area contributed by atoms with Crippen LogP contribution < -0.4 is 10.3 Å². The van der Waals surface area contributed by atoms with Gasteiger partial charge < -0.3 is 9.72 Å². The molecule has 1 heterocycles. The van der Waals surface area contributed by atoms with Gasteiger partial charge in [0.2, 0.25) is 0 Å². The molecule has 140 valence electrons. The smallest absolute Gasteiger partial charge is 0.259 e. The van der Waals surface area contributed by atoms with Gasteiger partial charge in [0.15, 0.2) is 11.6 Å². The number of nitrogens with one attached hydrogen (secondary N) is 1. The molecule has 7 heteroatoms. The number of nitrogens with zero attached hydrogens (tertiary/aromatic N) is 1. The molecule has 0 aliphatic heterocycles. The van der Waals surface area contributed by atoms with Crippen LogP contribution in [-0.4, -0.2) is 17.1 Å². The van der Waals surface area contributed by atoms with Gasteiger partial charge in [0.1, 0.15) is 17.2 Å². The fraction of sp³-hybridized carbons (Fsp3) is 0.0476. The van der Waals surface area contributed by atoms with E-state index >= 15 is 4.39 Å². The Bertz CT molecular complexity index is 1230. The number of hydrogen-bond donors (Lipinski definition) is 1. The van der Waals surface area contributed by atoms with Crippen molar-refractivity contribution < 1.29 is 17.9 Å². The molecule has 4 nitrogen and oxygen atoms in total. The molecule has 0 saturated heterocycles. The number of H-pyrrole nitrogens is 1. The first-order valence-electron chi connectivity index (χ1n) is 8.30. The van der Waals surface area contributed by atoms with Crippen LogP contribution in [0.1, 0.15) is 0 Å². The Morgan fingerprint density at radius 3 is 1.93 bits per heavy atom. The lowest BCUT2D eigenvalue weighted by molar-refractivity contribution is 0.391. The van der Waals surface area contributed by atoms with Gasteiger partial charge in [-0.15, -0.1) is 0 Å². The third kappa shape index (κ3) is 2.81.